The third-order valence-electron chi connectivity index (χ3n) is 2.64. The van der Waals surface area contributed by atoms with Crippen molar-refractivity contribution in [1.29, 1.82) is 0 Å². The Morgan fingerprint density at radius 3 is 2.94 bits per heavy atom. The van der Waals surface area contributed by atoms with Gasteiger partial charge in [-0.3, -0.25) is 14.6 Å². The monoisotopic (exact) mass is 246 g/mol. The zero-order chi connectivity index (χ0) is 13.0. The highest BCUT2D eigenvalue weighted by atomic mass is 16.2. The van der Waals surface area contributed by atoms with E-state index in [0.717, 1.165) is 5.56 Å². The summed E-state index contributed by atoms with van der Waals surface area (Å²) in [5, 5.41) is 3.78. The number of hydrogen-bond acceptors (Lipinski definition) is 4. The van der Waals surface area contributed by atoms with Crippen molar-refractivity contribution in [2.45, 2.75) is 19.4 Å². The zero-order valence-corrected chi connectivity index (χ0v) is 10.1. The second-order valence-electron chi connectivity index (χ2n) is 4.12. The number of nitrogens with one attached hydrogen (secondary N) is 1. The lowest BCUT2D eigenvalue weighted by Crippen LogP contribution is -2.37. The number of pyridine rings is 1. The summed E-state index contributed by atoms with van der Waals surface area (Å²) in [5.41, 5.74) is 3.66. The summed E-state index contributed by atoms with van der Waals surface area (Å²) in [6, 6.07) is 3.73. The number of hydrogen-bond donors (Lipinski definition) is 1. The number of rotatable bonds is 3. The first-order chi connectivity index (χ1) is 8.66. The molecule has 0 saturated carbocycles. The Morgan fingerprint density at radius 1 is 1.50 bits per heavy atom. The van der Waals surface area contributed by atoms with Crippen LogP contribution in [0.2, 0.25) is 0 Å². The Hall–Kier alpha value is -2.24. The largest absolute Gasteiger partial charge is 0.336 e. The number of carbonyl (C=O) groups is 2. The molecule has 0 saturated heterocycles. The zero-order valence-electron chi connectivity index (χ0n) is 10.1. The van der Waals surface area contributed by atoms with Crippen molar-refractivity contribution in [1.82, 2.24) is 15.3 Å². The molecule has 94 valence electrons. The first-order valence-electron chi connectivity index (χ1n) is 5.66. The van der Waals surface area contributed by atoms with Gasteiger partial charge in [-0.25, -0.2) is 5.43 Å². The van der Waals surface area contributed by atoms with Crippen molar-refractivity contribution in [2.24, 2.45) is 5.10 Å². The van der Waals surface area contributed by atoms with Gasteiger partial charge in [-0.05, 0) is 11.6 Å². The van der Waals surface area contributed by atoms with Gasteiger partial charge in [-0.2, -0.15) is 5.10 Å². The van der Waals surface area contributed by atoms with Crippen molar-refractivity contribution in [2.75, 3.05) is 7.05 Å². The molecule has 1 aliphatic rings. The number of aromatic nitrogens is 1. The topological polar surface area (TPSA) is 74.7 Å². The molecule has 6 nitrogen and oxygen atoms in total. The first-order valence-corrected chi connectivity index (χ1v) is 5.66. The third kappa shape index (κ3) is 2.91. The highest BCUT2D eigenvalue weighted by molar-refractivity contribution is 6.39. The van der Waals surface area contributed by atoms with Crippen LogP contribution in [0.5, 0.6) is 0 Å². The number of carbonyl (C=O) groups excluding carboxylic acids is 2. The SMILES string of the molecule is CN(Cc1cccnc1)C(=O)C1=NNC(=O)CC1. The number of hydrazone groups is 1. The quantitative estimate of drug-likeness (QED) is 0.833. The summed E-state index contributed by atoms with van der Waals surface area (Å²) in [4.78, 5) is 28.5. The van der Waals surface area contributed by atoms with E-state index < -0.39 is 0 Å². The molecule has 0 aromatic carbocycles. The average molecular weight is 246 g/mol. The molecule has 1 N–H and O–H groups in total. The van der Waals surface area contributed by atoms with Crippen molar-refractivity contribution < 1.29 is 9.59 Å². The fourth-order valence-corrected chi connectivity index (χ4v) is 1.69. The fourth-order valence-electron chi connectivity index (χ4n) is 1.69. The van der Waals surface area contributed by atoms with Gasteiger partial charge >= 0.3 is 0 Å². The van der Waals surface area contributed by atoms with E-state index in [2.05, 4.69) is 15.5 Å². The van der Waals surface area contributed by atoms with Crippen LogP contribution in [0.25, 0.3) is 0 Å². The molecule has 2 heterocycles. The van der Waals surface area contributed by atoms with Crippen molar-refractivity contribution in [3.63, 3.8) is 0 Å². The summed E-state index contributed by atoms with van der Waals surface area (Å²) >= 11 is 0. The molecule has 0 bridgehead atoms. The maximum Gasteiger partial charge on any atom is 0.270 e. The number of nitrogens with zero attached hydrogens (tertiary/aromatic N) is 3. The first kappa shape index (κ1) is 12.2. The van der Waals surface area contributed by atoms with Gasteiger partial charge in [0.1, 0.15) is 5.71 Å². The maximum atomic E-state index is 12.0. The van der Waals surface area contributed by atoms with Gasteiger partial charge in [0.05, 0.1) is 0 Å². The molecule has 0 radical (unpaired) electrons. The molecule has 1 aliphatic heterocycles. The van der Waals surface area contributed by atoms with E-state index in [1.165, 1.54) is 0 Å². The number of amides is 2. The standard InChI is InChI=1S/C12H14N4O2/c1-16(8-9-3-2-6-13-7-9)12(18)10-4-5-11(17)15-14-10/h2-3,6-7H,4-5,8H2,1H3,(H,15,17). The minimum atomic E-state index is -0.168. The second kappa shape index (κ2) is 5.39. The van der Waals surface area contributed by atoms with Crippen molar-refractivity contribution >= 4 is 17.5 Å². The highest BCUT2D eigenvalue weighted by Crippen LogP contribution is 2.06. The molecular weight excluding hydrogens is 232 g/mol. The van der Waals surface area contributed by atoms with Gasteiger partial charge in [0.15, 0.2) is 0 Å². The summed E-state index contributed by atoms with van der Waals surface area (Å²) < 4.78 is 0. The molecule has 1 aromatic rings. The van der Waals surface area contributed by atoms with E-state index in [9.17, 15) is 9.59 Å². The molecule has 0 fully saturated rings. The Labute approximate surface area is 105 Å². The Kier molecular flexibility index (Phi) is 3.66. The van der Waals surface area contributed by atoms with Crippen LogP contribution in [-0.2, 0) is 16.1 Å². The smallest absolute Gasteiger partial charge is 0.270 e. The molecular formula is C12H14N4O2. The van der Waals surface area contributed by atoms with Crippen LogP contribution in [0.4, 0.5) is 0 Å². The molecule has 0 spiro atoms. The van der Waals surface area contributed by atoms with E-state index in [0.29, 0.717) is 25.1 Å². The van der Waals surface area contributed by atoms with E-state index in [4.69, 9.17) is 0 Å². The van der Waals surface area contributed by atoms with Gasteiger partial charge in [0.25, 0.3) is 5.91 Å². The third-order valence-corrected chi connectivity index (χ3v) is 2.64. The lowest BCUT2D eigenvalue weighted by atomic mass is 10.1. The molecule has 1 aromatic heterocycles. The molecule has 0 aliphatic carbocycles. The lowest BCUT2D eigenvalue weighted by molar-refractivity contribution is -0.124. The summed E-state index contributed by atoms with van der Waals surface area (Å²) in [6.45, 7) is 0.472. The van der Waals surface area contributed by atoms with E-state index >= 15 is 0 Å². The predicted molar refractivity (Wildman–Crippen MR) is 65.5 cm³/mol. The predicted octanol–water partition coefficient (Wildman–Crippen LogP) is 0.306. The van der Waals surface area contributed by atoms with Crippen LogP contribution in [0, 0.1) is 0 Å². The summed E-state index contributed by atoms with van der Waals surface area (Å²) in [7, 11) is 1.70. The van der Waals surface area contributed by atoms with Crippen LogP contribution < -0.4 is 5.43 Å². The van der Waals surface area contributed by atoms with Crippen LogP contribution in [0.3, 0.4) is 0 Å². The minimum absolute atomic E-state index is 0.151. The maximum absolute atomic E-state index is 12.0. The normalized spacial score (nSPS) is 14.7. The lowest BCUT2D eigenvalue weighted by Gasteiger charge is -2.19. The Morgan fingerprint density at radius 2 is 2.33 bits per heavy atom. The van der Waals surface area contributed by atoms with Gasteiger partial charge < -0.3 is 4.90 Å². The van der Waals surface area contributed by atoms with Crippen LogP contribution in [0.1, 0.15) is 18.4 Å². The van der Waals surface area contributed by atoms with E-state index in [-0.39, 0.29) is 11.8 Å². The van der Waals surface area contributed by atoms with Gasteiger partial charge in [-0.1, -0.05) is 6.07 Å². The Balaban J connectivity index is 1.99. The molecule has 6 heteroatoms. The highest BCUT2D eigenvalue weighted by Gasteiger charge is 2.21. The molecule has 18 heavy (non-hydrogen) atoms. The Bertz CT molecular complexity index is 484. The summed E-state index contributed by atoms with van der Waals surface area (Å²) in [5.74, 6) is -0.319. The molecule has 2 rings (SSSR count). The van der Waals surface area contributed by atoms with Crippen LogP contribution in [0.15, 0.2) is 29.6 Å². The van der Waals surface area contributed by atoms with Gasteiger partial charge in [0.2, 0.25) is 5.91 Å². The second-order valence-corrected chi connectivity index (χ2v) is 4.12. The van der Waals surface area contributed by atoms with Crippen molar-refractivity contribution in [3.05, 3.63) is 30.1 Å². The molecule has 2 amide bonds. The van der Waals surface area contributed by atoms with Crippen LogP contribution in [-0.4, -0.2) is 34.5 Å². The van der Waals surface area contributed by atoms with Crippen molar-refractivity contribution in [3.8, 4) is 0 Å². The fraction of sp³-hybridized carbons (Fsp3) is 0.333. The van der Waals surface area contributed by atoms with Gasteiger partial charge in [0, 0.05) is 38.8 Å². The summed E-state index contributed by atoms with van der Waals surface area (Å²) in [6.07, 6.45) is 4.10. The van der Waals surface area contributed by atoms with Crippen LogP contribution >= 0.6 is 0 Å². The van der Waals surface area contributed by atoms with E-state index in [1.54, 1.807) is 24.3 Å². The van der Waals surface area contributed by atoms with Gasteiger partial charge in [-0.15, -0.1) is 0 Å². The minimum Gasteiger partial charge on any atom is -0.336 e. The molecule has 0 unspecified atom stereocenters. The van der Waals surface area contributed by atoms with E-state index in [1.807, 2.05) is 12.1 Å². The average Bonchev–Trinajstić information content (AvgIpc) is 2.40. The molecule has 0 atom stereocenters.